The lowest BCUT2D eigenvalue weighted by Gasteiger charge is -2.06. The van der Waals surface area contributed by atoms with Crippen molar-refractivity contribution in [2.75, 3.05) is 6.61 Å². The second-order valence-electron chi connectivity index (χ2n) is 5.34. The number of carboxylic acids is 1. The average Bonchev–Trinajstić information content (AvgIpc) is 3.06. The van der Waals surface area contributed by atoms with E-state index in [1.165, 1.54) is 11.3 Å². The lowest BCUT2D eigenvalue weighted by molar-refractivity contribution is -0.121. The first-order valence-electron chi connectivity index (χ1n) is 7.89. The molecule has 0 unspecified atom stereocenters. The van der Waals surface area contributed by atoms with Crippen LogP contribution in [0.5, 0.6) is 5.75 Å². The highest BCUT2D eigenvalue weighted by Crippen LogP contribution is 2.16. The number of thiophene rings is 1. The van der Waals surface area contributed by atoms with Gasteiger partial charge in [0.15, 0.2) is 0 Å². The Labute approximate surface area is 145 Å². The zero-order valence-electron chi connectivity index (χ0n) is 13.6. The van der Waals surface area contributed by atoms with E-state index < -0.39 is 5.97 Å². The van der Waals surface area contributed by atoms with Crippen LogP contribution < -0.4 is 10.1 Å². The molecular formula is C18H21NO4S. The fourth-order valence-corrected chi connectivity index (χ4v) is 2.88. The maximum Gasteiger partial charge on any atom is 0.345 e. The van der Waals surface area contributed by atoms with Crippen LogP contribution in [0.3, 0.4) is 0 Å². The summed E-state index contributed by atoms with van der Waals surface area (Å²) in [6.45, 7) is 3.13. The molecule has 1 aromatic heterocycles. The molecule has 0 saturated carbocycles. The van der Waals surface area contributed by atoms with Crippen LogP contribution in [0.25, 0.3) is 0 Å². The van der Waals surface area contributed by atoms with Crippen molar-refractivity contribution in [1.29, 1.82) is 0 Å². The molecule has 0 spiro atoms. The summed E-state index contributed by atoms with van der Waals surface area (Å²) in [5.41, 5.74) is 1.08. The molecule has 0 aliphatic heterocycles. The minimum atomic E-state index is -0.941. The molecular weight excluding hydrogens is 326 g/mol. The molecule has 2 aromatic rings. The zero-order chi connectivity index (χ0) is 17.4. The Morgan fingerprint density at radius 2 is 1.92 bits per heavy atom. The van der Waals surface area contributed by atoms with Gasteiger partial charge < -0.3 is 15.2 Å². The molecule has 2 rings (SSSR count). The van der Waals surface area contributed by atoms with Crippen LogP contribution in [-0.2, 0) is 17.8 Å². The van der Waals surface area contributed by atoms with Crippen molar-refractivity contribution in [2.24, 2.45) is 0 Å². The van der Waals surface area contributed by atoms with E-state index in [9.17, 15) is 9.59 Å². The van der Waals surface area contributed by atoms with Gasteiger partial charge in [0, 0.05) is 11.3 Å². The van der Waals surface area contributed by atoms with E-state index in [4.69, 9.17) is 9.84 Å². The monoisotopic (exact) mass is 347 g/mol. The van der Waals surface area contributed by atoms with Crippen molar-refractivity contribution in [1.82, 2.24) is 5.32 Å². The first kappa shape index (κ1) is 18.0. The Morgan fingerprint density at radius 3 is 2.54 bits per heavy atom. The van der Waals surface area contributed by atoms with Gasteiger partial charge in [0.2, 0.25) is 5.91 Å². The summed E-state index contributed by atoms with van der Waals surface area (Å²) in [5, 5.41) is 11.7. The number of amides is 1. The predicted molar refractivity (Wildman–Crippen MR) is 93.7 cm³/mol. The number of carboxylic acid groups (broad SMARTS) is 1. The summed E-state index contributed by atoms with van der Waals surface area (Å²) in [4.78, 5) is 23.8. The van der Waals surface area contributed by atoms with E-state index in [0.717, 1.165) is 22.6 Å². The zero-order valence-corrected chi connectivity index (χ0v) is 14.4. The maximum absolute atomic E-state index is 11.9. The van der Waals surface area contributed by atoms with Crippen molar-refractivity contribution in [3.8, 4) is 5.75 Å². The number of rotatable bonds is 9. The SMILES string of the molecule is CCCOc1ccc(CCC(=O)NCc2ccc(C(=O)O)s2)cc1. The normalized spacial score (nSPS) is 10.4. The van der Waals surface area contributed by atoms with Crippen molar-refractivity contribution in [3.63, 3.8) is 0 Å². The third kappa shape index (κ3) is 5.70. The smallest absolute Gasteiger partial charge is 0.345 e. The largest absolute Gasteiger partial charge is 0.494 e. The van der Waals surface area contributed by atoms with Gasteiger partial charge in [-0.3, -0.25) is 4.79 Å². The third-order valence-corrected chi connectivity index (χ3v) is 4.44. The summed E-state index contributed by atoms with van der Waals surface area (Å²) in [5.74, 6) is -0.146. The highest BCUT2D eigenvalue weighted by Gasteiger charge is 2.08. The van der Waals surface area contributed by atoms with Crippen molar-refractivity contribution >= 4 is 23.2 Å². The van der Waals surface area contributed by atoms with E-state index in [1.54, 1.807) is 12.1 Å². The van der Waals surface area contributed by atoms with Gasteiger partial charge in [0.25, 0.3) is 0 Å². The van der Waals surface area contributed by atoms with Gasteiger partial charge >= 0.3 is 5.97 Å². The molecule has 0 radical (unpaired) electrons. The van der Waals surface area contributed by atoms with Crippen LogP contribution in [0, 0.1) is 0 Å². The molecule has 0 atom stereocenters. The van der Waals surface area contributed by atoms with E-state index in [0.29, 0.717) is 26.0 Å². The van der Waals surface area contributed by atoms with Gasteiger partial charge in [-0.25, -0.2) is 4.79 Å². The van der Waals surface area contributed by atoms with Gasteiger partial charge in [-0.05, 0) is 42.7 Å². The maximum atomic E-state index is 11.9. The summed E-state index contributed by atoms with van der Waals surface area (Å²) in [6.07, 6.45) is 2.02. The molecule has 0 aliphatic rings. The number of nitrogens with one attached hydrogen (secondary N) is 1. The molecule has 1 amide bonds. The fourth-order valence-electron chi connectivity index (χ4n) is 2.09. The van der Waals surface area contributed by atoms with Crippen LogP contribution in [0.1, 0.15) is 39.9 Å². The van der Waals surface area contributed by atoms with Crippen LogP contribution in [-0.4, -0.2) is 23.6 Å². The molecule has 0 saturated heterocycles. The van der Waals surface area contributed by atoms with Gasteiger partial charge in [-0.2, -0.15) is 0 Å². The number of carbonyl (C=O) groups is 2. The lowest BCUT2D eigenvalue weighted by Crippen LogP contribution is -2.22. The summed E-state index contributed by atoms with van der Waals surface area (Å²) >= 11 is 1.18. The minimum absolute atomic E-state index is 0.0495. The lowest BCUT2D eigenvalue weighted by atomic mass is 10.1. The number of carbonyl (C=O) groups excluding carboxylic acids is 1. The van der Waals surface area contributed by atoms with E-state index in [-0.39, 0.29) is 10.8 Å². The molecule has 1 aromatic carbocycles. The molecule has 0 aliphatic carbocycles. The van der Waals surface area contributed by atoms with E-state index >= 15 is 0 Å². The first-order chi connectivity index (χ1) is 11.6. The second kappa shape index (κ2) is 9.08. The Morgan fingerprint density at radius 1 is 1.17 bits per heavy atom. The summed E-state index contributed by atoms with van der Waals surface area (Å²) in [6, 6.07) is 11.1. The van der Waals surface area contributed by atoms with Gasteiger partial charge in [-0.1, -0.05) is 19.1 Å². The Kier molecular flexibility index (Phi) is 6.81. The van der Waals surface area contributed by atoms with Gasteiger partial charge in [0.05, 0.1) is 13.2 Å². The second-order valence-corrected chi connectivity index (χ2v) is 6.51. The fraction of sp³-hybridized carbons (Fsp3) is 0.333. The number of ether oxygens (including phenoxy) is 1. The van der Waals surface area contributed by atoms with Crippen LogP contribution >= 0.6 is 11.3 Å². The van der Waals surface area contributed by atoms with Crippen LogP contribution in [0.15, 0.2) is 36.4 Å². The highest BCUT2D eigenvalue weighted by molar-refractivity contribution is 7.13. The number of benzene rings is 1. The molecule has 0 bridgehead atoms. The van der Waals surface area contributed by atoms with E-state index in [1.807, 2.05) is 24.3 Å². The third-order valence-electron chi connectivity index (χ3n) is 3.37. The predicted octanol–water partition coefficient (Wildman–Crippen LogP) is 3.48. The Bertz CT molecular complexity index is 679. The molecule has 5 nitrogen and oxygen atoms in total. The summed E-state index contributed by atoms with van der Waals surface area (Å²) in [7, 11) is 0. The van der Waals surface area contributed by atoms with Crippen molar-refractivity contribution < 1.29 is 19.4 Å². The number of hydrogen-bond acceptors (Lipinski definition) is 4. The molecule has 24 heavy (non-hydrogen) atoms. The molecule has 1 heterocycles. The van der Waals surface area contributed by atoms with Gasteiger partial charge in [-0.15, -0.1) is 11.3 Å². The summed E-state index contributed by atoms with van der Waals surface area (Å²) < 4.78 is 5.52. The topological polar surface area (TPSA) is 75.6 Å². The van der Waals surface area contributed by atoms with Crippen molar-refractivity contribution in [3.05, 3.63) is 51.7 Å². The van der Waals surface area contributed by atoms with Gasteiger partial charge in [0.1, 0.15) is 10.6 Å². The van der Waals surface area contributed by atoms with E-state index in [2.05, 4.69) is 12.2 Å². The van der Waals surface area contributed by atoms with Crippen LogP contribution in [0.2, 0.25) is 0 Å². The number of aromatic carboxylic acids is 1. The molecule has 2 N–H and O–H groups in total. The highest BCUT2D eigenvalue weighted by atomic mass is 32.1. The Balaban J connectivity index is 1.73. The van der Waals surface area contributed by atoms with Crippen LogP contribution in [0.4, 0.5) is 0 Å². The first-order valence-corrected chi connectivity index (χ1v) is 8.70. The molecule has 6 heteroatoms. The Hall–Kier alpha value is -2.34. The number of hydrogen-bond donors (Lipinski definition) is 2. The quantitative estimate of drug-likeness (QED) is 0.728. The molecule has 0 fully saturated rings. The minimum Gasteiger partial charge on any atom is -0.494 e. The number of aryl methyl sites for hydroxylation is 1. The molecule has 128 valence electrons. The standard InChI is InChI=1S/C18H21NO4S/c1-2-11-23-14-6-3-13(4-7-14)5-10-17(20)19-12-15-8-9-16(24-15)18(21)22/h3-4,6-9H,2,5,10-12H2,1H3,(H,19,20)(H,21,22). The average molecular weight is 347 g/mol. The van der Waals surface area contributed by atoms with Crippen molar-refractivity contribution in [2.45, 2.75) is 32.7 Å².